The van der Waals surface area contributed by atoms with Crippen molar-refractivity contribution >= 4 is 22.6 Å². The highest BCUT2D eigenvalue weighted by Gasteiger charge is 2.41. The first-order valence-electron chi connectivity index (χ1n) is 12.0. The van der Waals surface area contributed by atoms with Gasteiger partial charge >= 0.3 is 6.18 Å². The number of nitrogens with one attached hydrogen (secondary N) is 1. The molecule has 10 heteroatoms. The number of aromatic nitrogens is 2. The third kappa shape index (κ3) is 4.94. The van der Waals surface area contributed by atoms with Crippen molar-refractivity contribution in [2.45, 2.75) is 75.0 Å². The zero-order valence-electron chi connectivity index (χ0n) is 20.0. The van der Waals surface area contributed by atoms with E-state index in [-0.39, 0.29) is 31.2 Å². The Kier molecular flexibility index (Phi) is 6.26. The number of hydrogen-bond acceptors (Lipinski definition) is 5. The first kappa shape index (κ1) is 25.3. The van der Waals surface area contributed by atoms with Crippen LogP contribution in [0.5, 0.6) is 5.75 Å². The minimum atomic E-state index is -4.42. The lowest BCUT2D eigenvalue weighted by Gasteiger charge is -2.41. The zero-order chi connectivity index (χ0) is 25.9. The number of aliphatic hydroxyl groups is 2. The average molecular weight is 524 g/mol. The van der Waals surface area contributed by atoms with Crippen LogP contribution in [0.4, 0.5) is 13.2 Å². The minimum Gasteiger partial charge on any atom is -0.492 e. The van der Waals surface area contributed by atoms with Crippen molar-refractivity contribution in [1.82, 2.24) is 14.9 Å². The molecule has 0 bridgehead atoms. The molecule has 5 rings (SSSR count). The van der Waals surface area contributed by atoms with Crippen LogP contribution in [0.2, 0.25) is 5.02 Å². The summed E-state index contributed by atoms with van der Waals surface area (Å²) in [6.07, 6.45) is -0.753. The molecule has 0 unspecified atom stereocenters. The highest BCUT2D eigenvalue weighted by molar-refractivity contribution is 6.35. The first-order valence-corrected chi connectivity index (χ1v) is 12.4. The smallest absolute Gasteiger partial charge is 0.416 e. The maximum atomic E-state index is 12.9. The van der Waals surface area contributed by atoms with E-state index in [1.165, 1.54) is 12.1 Å². The predicted molar refractivity (Wildman–Crippen MR) is 130 cm³/mol. The van der Waals surface area contributed by atoms with Crippen LogP contribution in [0.3, 0.4) is 0 Å². The molecule has 0 radical (unpaired) electrons. The number of nitrogens with zero attached hydrogens (tertiary/aromatic N) is 2. The van der Waals surface area contributed by atoms with Crippen LogP contribution in [0, 0.1) is 0 Å². The molecule has 2 aliphatic rings. The van der Waals surface area contributed by atoms with Gasteiger partial charge < -0.3 is 24.8 Å². The lowest BCUT2D eigenvalue weighted by atomic mass is 9.77. The molecule has 36 heavy (non-hydrogen) atoms. The summed E-state index contributed by atoms with van der Waals surface area (Å²) >= 11 is 6.58. The fourth-order valence-electron chi connectivity index (χ4n) is 5.64. The largest absolute Gasteiger partial charge is 0.492 e. The van der Waals surface area contributed by atoms with Crippen molar-refractivity contribution in [3.8, 4) is 5.75 Å². The number of piperidine rings is 1. The molecule has 1 aliphatic heterocycles. The molecule has 1 saturated heterocycles. The van der Waals surface area contributed by atoms with Crippen molar-refractivity contribution in [2.24, 2.45) is 0 Å². The van der Waals surface area contributed by atoms with Gasteiger partial charge in [0.2, 0.25) is 0 Å². The molecule has 2 fully saturated rings. The van der Waals surface area contributed by atoms with E-state index in [4.69, 9.17) is 16.3 Å². The summed E-state index contributed by atoms with van der Waals surface area (Å²) < 4.78 is 46.9. The van der Waals surface area contributed by atoms with E-state index in [0.717, 1.165) is 17.6 Å². The van der Waals surface area contributed by atoms with Gasteiger partial charge in [-0.2, -0.15) is 13.2 Å². The number of imidazole rings is 1. The van der Waals surface area contributed by atoms with E-state index in [9.17, 15) is 23.4 Å². The summed E-state index contributed by atoms with van der Waals surface area (Å²) in [5, 5.41) is 25.3. The highest BCUT2D eigenvalue weighted by Crippen LogP contribution is 2.43. The summed E-state index contributed by atoms with van der Waals surface area (Å²) in [4.78, 5) is 4.47. The Morgan fingerprint density at radius 3 is 2.47 bits per heavy atom. The minimum absolute atomic E-state index is 0.0684. The highest BCUT2D eigenvalue weighted by atomic mass is 35.5. The Morgan fingerprint density at radius 2 is 1.83 bits per heavy atom. The van der Waals surface area contributed by atoms with Gasteiger partial charge in [0, 0.05) is 30.3 Å². The number of halogens is 4. The summed E-state index contributed by atoms with van der Waals surface area (Å²) in [5.74, 6) is 0.538. The van der Waals surface area contributed by atoms with Crippen LogP contribution in [0.15, 0.2) is 42.7 Å². The van der Waals surface area contributed by atoms with Gasteiger partial charge in [0.05, 0.1) is 39.1 Å². The van der Waals surface area contributed by atoms with Crippen LogP contribution in [0.1, 0.15) is 56.7 Å². The fourth-order valence-corrected chi connectivity index (χ4v) is 5.94. The van der Waals surface area contributed by atoms with Crippen LogP contribution in [-0.4, -0.2) is 44.1 Å². The van der Waals surface area contributed by atoms with Crippen molar-refractivity contribution < 1.29 is 28.1 Å². The van der Waals surface area contributed by atoms with Crippen molar-refractivity contribution in [3.63, 3.8) is 0 Å². The molecule has 2 aromatic carbocycles. The third-order valence-corrected chi connectivity index (χ3v) is 7.58. The van der Waals surface area contributed by atoms with Crippen molar-refractivity contribution in [1.29, 1.82) is 0 Å². The molecule has 1 aliphatic carbocycles. The van der Waals surface area contributed by atoms with Gasteiger partial charge in [0.25, 0.3) is 0 Å². The van der Waals surface area contributed by atoms with Crippen molar-refractivity contribution in [2.75, 3.05) is 6.61 Å². The van der Waals surface area contributed by atoms with Crippen LogP contribution in [0.25, 0.3) is 11.0 Å². The molecular formula is C26H29ClF3N3O3. The second kappa shape index (κ2) is 8.90. The van der Waals surface area contributed by atoms with Gasteiger partial charge in [-0.05, 0) is 57.2 Å². The summed E-state index contributed by atoms with van der Waals surface area (Å²) in [6, 6.07) is 8.10. The standard InChI is InChI=1S/C26H29ClF3N3O3/c1-15-9-25(35,16-3-5-17(6-4-16)26(28,29)30)10-18(32-15)13-36-20-7-21(27)23-22(8-20)31-14-33(23)19-11-24(2,34)12-19/h3-8,14-15,18-19,32,34-35H,9-13H2,1-2H3/t15-,18-,19?,24?,25-/m0/s1. The van der Waals surface area contributed by atoms with Gasteiger partial charge in [-0.3, -0.25) is 0 Å². The normalized spacial score (nSPS) is 30.8. The topological polar surface area (TPSA) is 79.5 Å². The molecule has 3 atom stereocenters. The molecule has 3 N–H and O–H groups in total. The Bertz CT molecular complexity index is 1250. The van der Waals surface area contributed by atoms with E-state index in [2.05, 4.69) is 10.3 Å². The monoisotopic (exact) mass is 523 g/mol. The quantitative estimate of drug-likeness (QED) is 0.428. The SMILES string of the molecule is C[C@H]1C[C@@](O)(c2ccc(C(F)(F)F)cc2)C[C@@H](COc2cc(Cl)c3c(c2)ncn3C2CC(C)(O)C2)N1. The second-order valence-corrected chi connectivity index (χ2v) is 11.0. The Hall–Kier alpha value is -2.33. The number of ether oxygens (including phenoxy) is 1. The Labute approximate surface area is 212 Å². The molecule has 1 aromatic heterocycles. The molecule has 6 nitrogen and oxygen atoms in total. The number of benzene rings is 2. The third-order valence-electron chi connectivity index (χ3n) is 7.29. The average Bonchev–Trinajstić information content (AvgIpc) is 3.19. The van der Waals surface area contributed by atoms with Gasteiger partial charge in [-0.1, -0.05) is 23.7 Å². The summed E-state index contributed by atoms with van der Waals surface area (Å²) in [7, 11) is 0. The Morgan fingerprint density at radius 1 is 1.14 bits per heavy atom. The number of hydrogen-bond donors (Lipinski definition) is 3. The lowest BCUT2D eigenvalue weighted by molar-refractivity contribution is -0.137. The van der Waals surface area contributed by atoms with Crippen molar-refractivity contribution in [3.05, 3.63) is 58.9 Å². The number of fused-ring (bicyclic) bond motifs is 1. The second-order valence-electron chi connectivity index (χ2n) is 10.6. The predicted octanol–water partition coefficient (Wildman–Crippen LogP) is 5.20. The lowest BCUT2D eigenvalue weighted by Crippen LogP contribution is -2.53. The van der Waals surface area contributed by atoms with Gasteiger partial charge in [0.1, 0.15) is 12.4 Å². The molecule has 1 saturated carbocycles. The molecule has 3 aromatic rings. The van der Waals surface area contributed by atoms with E-state index >= 15 is 0 Å². The molecule has 0 spiro atoms. The fraction of sp³-hybridized carbons (Fsp3) is 0.500. The van der Waals surface area contributed by atoms with Crippen LogP contribution < -0.4 is 10.1 Å². The molecule has 0 amide bonds. The van der Waals surface area contributed by atoms with Gasteiger partial charge in [-0.15, -0.1) is 0 Å². The zero-order valence-corrected chi connectivity index (χ0v) is 20.8. The van der Waals surface area contributed by atoms with E-state index in [1.807, 2.05) is 24.5 Å². The first-order chi connectivity index (χ1) is 16.8. The molecule has 2 heterocycles. The van der Waals surface area contributed by atoms with E-state index in [1.54, 1.807) is 12.4 Å². The van der Waals surface area contributed by atoms with Crippen LogP contribution in [-0.2, 0) is 11.8 Å². The van der Waals surface area contributed by atoms with Gasteiger partial charge in [0.15, 0.2) is 0 Å². The molecular weight excluding hydrogens is 495 g/mol. The van der Waals surface area contributed by atoms with Gasteiger partial charge in [-0.25, -0.2) is 4.98 Å². The van der Waals surface area contributed by atoms with E-state index in [0.29, 0.717) is 41.1 Å². The number of alkyl halides is 3. The summed E-state index contributed by atoms with van der Waals surface area (Å²) in [6.45, 7) is 3.98. The Balaban J connectivity index is 1.28. The number of rotatable bonds is 5. The summed E-state index contributed by atoms with van der Waals surface area (Å²) in [5.41, 5.74) is -0.732. The molecule has 194 valence electrons. The van der Waals surface area contributed by atoms with E-state index < -0.39 is 22.9 Å². The van der Waals surface area contributed by atoms with Crippen LogP contribution >= 0.6 is 11.6 Å². The maximum absolute atomic E-state index is 12.9. The maximum Gasteiger partial charge on any atom is 0.416 e.